The lowest BCUT2D eigenvalue weighted by Gasteiger charge is -2.13. The number of nitrogens with zero attached hydrogens (tertiary/aromatic N) is 3. The molecule has 0 saturated heterocycles. The Balaban J connectivity index is 1.46. The number of hydrogen-bond acceptors (Lipinski definition) is 6. The highest BCUT2D eigenvalue weighted by Gasteiger charge is 2.12. The van der Waals surface area contributed by atoms with Gasteiger partial charge < -0.3 is 24.8 Å². The molecule has 178 valence electrons. The maximum atomic E-state index is 12.3. The second-order valence-electron chi connectivity index (χ2n) is 7.50. The molecule has 0 saturated carbocycles. The number of carbonyl (C=O) groups excluding carboxylic acids is 1. The van der Waals surface area contributed by atoms with Crippen LogP contribution in [-0.4, -0.2) is 31.3 Å². The van der Waals surface area contributed by atoms with Gasteiger partial charge in [-0.25, -0.2) is 9.64 Å². The zero-order chi connectivity index (χ0) is 25.3. The van der Waals surface area contributed by atoms with Crippen molar-refractivity contribution < 1.29 is 19.0 Å². The Morgan fingerprint density at radius 1 is 1.03 bits per heavy atom. The van der Waals surface area contributed by atoms with Crippen LogP contribution in [0.3, 0.4) is 0 Å². The summed E-state index contributed by atoms with van der Waals surface area (Å²) < 4.78 is 16.7. The minimum atomic E-state index is -0.436. The molecule has 2 amide bonds. The van der Waals surface area contributed by atoms with Gasteiger partial charge in [0, 0.05) is 30.1 Å². The van der Waals surface area contributed by atoms with Gasteiger partial charge in [0.05, 0.1) is 30.3 Å². The highest BCUT2D eigenvalue weighted by atomic mass is 16.5. The molecule has 2 N–H and O–H groups in total. The summed E-state index contributed by atoms with van der Waals surface area (Å²) >= 11 is 0. The molecule has 0 bridgehead atoms. The Morgan fingerprint density at radius 2 is 1.83 bits per heavy atom. The maximum Gasteiger partial charge on any atom is 0.323 e. The van der Waals surface area contributed by atoms with Gasteiger partial charge in [-0.05, 0) is 60.7 Å². The summed E-state index contributed by atoms with van der Waals surface area (Å²) in [4.78, 5) is 20.2. The summed E-state index contributed by atoms with van der Waals surface area (Å²) in [5.74, 6) is 1.51. The number of hydrogen-bond donors (Lipinski definition) is 2. The third-order valence-corrected chi connectivity index (χ3v) is 5.04. The van der Waals surface area contributed by atoms with E-state index in [9.17, 15) is 4.79 Å². The fraction of sp³-hybridized carbons (Fsp3) is 0.111. The molecule has 0 unspecified atom stereocenters. The number of nitrogens with one attached hydrogen (secondary N) is 2. The zero-order valence-electron chi connectivity index (χ0n) is 19.3. The number of fused-ring (bicyclic) bond motifs is 1. The Bertz CT molecular complexity index is 1470. The fourth-order valence-electron chi connectivity index (χ4n) is 3.36. The lowest BCUT2D eigenvalue weighted by molar-refractivity contribution is 0.147. The van der Waals surface area contributed by atoms with Crippen molar-refractivity contribution >= 4 is 34.0 Å². The molecule has 4 rings (SSSR count). The lowest BCUT2D eigenvalue weighted by Crippen LogP contribution is -2.19. The van der Waals surface area contributed by atoms with Gasteiger partial charge in [-0.1, -0.05) is 6.07 Å². The second kappa shape index (κ2) is 11.3. The van der Waals surface area contributed by atoms with E-state index in [1.165, 1.54) is 0 Å². The predicted molar refractivity (Wildman–Crippen MR) is 136 cm³/mol. The van der Waals surface area contributed by atoms with Crippen molar-refractivity contribution in [3.63, 3.8) is 0 Å². The first kappa shape index (κ1) is 24.0. The van der Waals surface area contributed by atoms with Gasteiger partial charge in [0.25, 0.3) is 0 Å². The SMILES string of the molecule is [C-]#[N+]c1cc2c(Oc3ccc(NC(=O)Nc4cccc(C#N)c4)cc3)ccnc2cc1OCCOC. The highest BCUT2D eigenvalue weighted by Crippen LogP contribution is 2.37. The molecule has 1 aromatic heterocycles. The number of pyridine rings is 1. The molecule has 3 aromatic carbocycles. The van der Waals surface area contributed by atoms with E-state index in [0.29, 0.717) is 64.0 Å². The van der Waals surface area contributed by atoms with E-state index in [0.717, 1.165) is 0 Å². The van der Waals surface area contributed by atoms with Crippen LogP contribution in [0.4, 0.5) is 21.9 Å². The van der Waals surface area contributed by atoms with E-state index in [1.807, 2.05) is 6.07 Å². The Kier molecular flexibility index (Phi) is 7.57. The molecule has 0 aliphatic rings. The Hall–Kier alpha value is -5.12. The van der Waals surface area contributed by atoms with Crippen LogP contribution in [-0.2, 0) is 4.74 Å². The van der Waals surface area contributed by atoms with Crippen molar-refractivity contribution in [2.45, 2.75) is 0 Å². The van der Waals surface area contributed by atoms with Gasteiger partial charge in [-0.2, -0.15) is 5.26 Å². The molecule has 0 fully saturated rings. The van der Waals surface area contributed by atoms with Crippen LogP contribution in [0.25, 0.3) is 15.7 Å². The van der Waals surface area contributed by atoms with Crippen molar-refractivity contribution in [1.82, 2.24) is 4.98 Å². The van der Waals surface area contributed by atoms with E-state index >= 15 is 0 Å². The number of amides is 2. The monoisotopic (exact) mass is 479 g/mol. The summed E-state index contributed by atoms with van der Waals surface area (Å²) in [5, 5.41) is 15.1. The van der Waals surface area contributed by atoms with Gasteiger partial charge in [-0.15, -0.1) is 0 Å². The molecular formula is C27H21N5O4. The topological polar surface area (TPSA) is 110 Å². The van der Waals surface area contributed by atoms with Gasteiger partial charge in [0.2, 0.25) is 5.69 Å². The first-order valence-corrected chi connectivity index (χ1v) is 10.9. The molecule has 4 aromatic rings. The molecule has 36 heavy (non-hydrogen) atoms. The average Bonchev–Trinajstić information content (AvgIpc) is 2.89. The van der Waals surface area contributed by atoms with Crippen molar-refractivity contribution in [3.8, 4) is 23.3 Å². The van der Waals surface area contributed by atoms with Crippen molar-refractivity contribution in [2.24, 2.45) is 0 Å². The molecule has 9 nitrogen and oxygen atoms in total. The predicted octanol–water partition coefficient (Wildman–Crippen LogP) is 6.12. The first-order valence-electron chi connectivity index (χ1n) is 10.9. The van der Waals surface area contributed by atoms with Gasteiger partial charge >= 0.3 is 6.03 Å². The summed E-state index contributed by atoms with van der Waals surface area (Å²) in [7, 11) is 1.58. The number of aromatic nitrogens is 1. The number of methoxy groups -OCH3 is 1. The zero-order valence-corrected chi connectivity index (χ0v) is 19.3. The van der Waals surface area contributed by atoms with Crippen LogP contribution < -0.4 is 20.1 Å². The van der Waals surface area contributed by atoms with E-state index in [1.54, 1.807) is 80.0 Å². The number of ether oxygens (including phenoxy) is 3. The average molecular weight is 479 g/mol. The third kappa shape index (κ3) is 5.86. The normalized spacial score (nSPS) is 10.2. The highest BCUT2D eigenvalue weighted by molar-refractivity contribution is 5.99. The molecule has 0 aliphatic carbocycles. The summed E-state index contributed by atoms with van der Waals surface area (Å²) in [6.45, 7) is 8.24. The van der Waals surface area contributed by atoms with Crippen LogP contribution >= 0.6 is 0 Å². The molecule has 0 atom stereocenters. The Labute approximate surface area is 207 Å². The standard InChI is InChI=1S/C27H21N5O4/c1-29-24-15-22-23(16-26(24)35-13-12-34-2)30-11-10-25(22)36-21-8-6-19(7-9-21)31-27(33)32-20-5-3-4-18(14-20)17-28/h3-11,14-16H,12-13H2,2H3,(H2,31,32,33). The molecule has 1 heterocycles. The van der Waals surface area contributed by atoms with Gasteiger partial charge in [0.15, 0.2) is 0 Å². The minimum absolute atomic E-state index is 0.325. The molecule has 0 radical (unpaired) electrons. The first-order chi connectivity index (χ1) is 17.6. The summed E-state index contributed by atoms with van der Waals surface area (Å²) in [6, 6.07) is 20.2. The quantitative estimate of drug-likeness (QED) is 0.233. The third-order valence-electron chi connectivity index (χ3n) is 5.04. The number of carbonyl (C=O) groups is 1. The molecule has 0 spiro atoms. The van der Waals surface area contributed by atoms with E-state index in [4.69, 9.17) is 26.0 Å². The number of urea groups is 1. The van der Waals surface area contributed by atoms with Crippen molar-refractivity contribution in [1.29, 1.82) is 5.26 Å². The smallest absolute Gasteiger partial charge is 0.323 e. The van der Waals surface area contributed by atoms with E-state index in [-0.39, 0.29) is 0 Å². The van der Waals surface area contributed by atoms with Crippen molar-refractivity contribution in [2.75, 3.05) is 31.0 Å². The summed E-state index contributed by atoms with van der Waals surface area (Å²) in [6.07, 6.45) is 1.62. The number of rotatable bonds is 8. The maximum absolute atomic E-state index is 12.3. The molecule has 0 aliphatic heterocycles. The van der Waals surface area contributed by atoms with Crippen molar-refractivity contribution in [3.05, 3.63) is 89.9 Å². The van der Waals surface area contributed by atoms with Crippen LogP contribution in [0.15, 0.2) is 72.9 Å². The van der Waals surface area contributed by atoms with E-state index in [2.05, 4.69) is 20.5 Å². The summed E-state index contributed by atoms with van der Waals surface area (Å²) in [5.41, 5.74) is 2.51. The fourth-order valence-corrected chi connectivity index (χ4v) is 3.36. The minimum Gasteiger partial charge on any atom is -0.502 e. The number of nitriles is 1. The van der Waals surface area contributed by atoms with Crippen LogP contribution in [0.2, 0.25) is 0 Å². The van der Waals surface area contributed by atoms with Crippen LogP contribution in [0.1, 0.15) is 5.56 Å². The van der Waals surface area contributed by atoms with Crippen LogP contribution in [0.5, 0.6) is 17.2 Å². The number of anilines is 2. The van der Waals surface area contributed by atoms with Gasteiger partial charge in [-0.3, -0.25) is 4.98 Å². The lowest BCUT2D eigenvalue weighted by atomic mass is 10.1. The second-order valence-corrected chi connectivity index (χ2v) is 7.50. The largest absolute Gasteiger partial charge is 0.502 e. The number of benzene rings is 3. The molecular weight excluding hydrogens is 458 g/mol. The Morgan fingerprint density at radius 3 is 2.58 bits per heavy atom. The van der Waals surface area contributed by atoms with Gasteiger partial charge in [0.1, 0.15) is 23.9 Å². The van der Waals surface area contributed by atoms with Crippen LogP contribution in [0, 0.1) is 17.9 Å². The molecule has 9 heteroatoms. The van der Waals surface area contributed by atoms with E-state index < -0.39 is 6.03 Å².